The van der Waals surface area contributed by atoms with Gasteiger partial charge in [0.05, 0.1) is 11.4 Å². The van der Waals surface area contributed by atoms with E-state index in [9.17, 15) is 9.59 Å². The highest BCUT2D eigenvalue weighted by Crippen LogP contribution is 2.32. The molecule has 0 spiro atoms. The molecule has 0 bridgehead atoms. The fraction of sp³-hybridized carbons (Fsp3) is 0.273. The summed E-state index contributed by atoms with van der Waals surface area (Å²) in [6.07, 6.45) is 0.465. The van der Waals surface area contributed by atoms with E-state index in [0.29, 0.717) is 30.0 Å². The molecule has 1 aliphatic heterocycles. The van der Waals surface area contributed by atoms with E-state index in [-0.39, 0.29) is 17.7 Å². The van der Waals surface area contributed by atoms with Gasteiger partial charge < -0.3 is 10.2 Å². The van der Waals surface area contributed by atoms with Crippen LogP contribution in [0.1, 0.15) is 32.0 Å². The molecule has 2 aromatic carbocycles. The van der Waals surface area contributed by atoms with Gasteiger partial charge in [-0.05, 0) is 46.6 Å². The lowest BCUT2D eigenvalue weighted by Crippen LogP contribution is -2.33. The molecule has 1 fully saturated rings. The minimum absolute atomic E-state index is 0.197. The van der Waals surface area contributed by atoms with Crippen molar-refractivity contribution < 1.29 is 9.59 Å². The van der Waals surface area contributed by atoms with Crippen LogP contribution >= 0.6 is 15.9 Å². The number of amides is 2. The number of para-hydroxylation sites is 2. The number of H-pyrrole nitrogens is 1. The first-order valence-corrected chi connectivity index (χ1v) is 10.6. The Balaban J connectivity index is 1.54. The lowest BCUT2D eigenvalue weighted by molar-refractivity contribution is -0.129. The molecule has 1 unspecified atom stereocenters. The average Bonchev–Trinajstić information content (AvgIpc) is 3.36. The second kappa shape index (κ2) is 8.39. The van der Waals surface area contributed by atoms with Gasteiger partial charge in [0.2, 0.25) is 11.8 Å². The zero-order valence-electron chi connectivity index (χ0n) is 16.7. The topological polar surface area (TPSA) is 91.0 Å². The number of carbonyl (C=O) groups excluding carboxylic acids is 2. The third kappa shape index (κ3) is 3.87. The molecule has 1 atom stereocenters. The van der Waals surface area contributed by atoms with Crippen molar-refractivity contribution in [2.45, 2.75) is 26.2 Å². The lowest BCUT2D eigenvalue weighted by Gasteiger charge is -2.18. The number of benzene rings is 2. The van der Waals surface area contributed by atoms with E-state index in [0.717, 1.165) is 16.0 Å². The van der Waals surface area contributed by atoms with Gasteiger partial charge in [0, 0.05) is 22.5 Å². The molecule has 2 amide bonds. The molecule has 0 saturated carbocycles. The van der Waals surface area contributed by atoms with E-state index in [1.807, 2.05) is 56.3 Å². The van der Waals surface area contributed by atoms with Crippen LogP contribution < -0.4 is 10.2 Å². The predicted octanol–water partition coefficient (Wildman–Crippen LogP) is 4.35. The van der Waals surface area contributed by atoms with Crippen molar-refractivity contribution in [1.29, 1.82) is 0 Å². The summed E-state index contributed by atoms with van der Waals surface area (Å²) in [4.78, 5) is 32.1. The van der Waals surface area contributed by atoms with Gasteiger partial charge in [-0.15, -0.1) is 0 Å². The molecule has 1 aliphatic rings. The van der Waals surface area contributed by atoms with Crippen molar-refractivity contribution in [2.75, 3.05) is 16.8 Å². The summed E-state index contributed by atoms with van der Waals surface area (Å²) in [5.41, 5.74) is 2.08. The van der Waals surface area contributed by atoms with Crippen molar-refractivity contribution >= 4 is 39.1 Å². The number of hydrogen-bond donors (Lipinski definition) is 2. The molecule has 1 aromatic heterocycles. The summed E-state index contributed by atoms with van der Waals surface area (Å²) in [5, 5.41) is 10.1. The molecule has 154 valence electrons. The maximum atomic E-state index is 13.0. The van der Waals surface area contributed by atoms with Gasteiger partial charge in [-0.25, -0.2) is 4.98 Å². The number of rotatable bonds is 5. The molecule has 1 saturated heterocycles. The highest BCUT2D eigenvalue weighted by Gasteiger charge is 2.38. The largest absolute Gasteiger partial charge is 0.325 e. The van der Waals surface area contributed by atoms with Gasteiger partial charge in [-0.2, -0.15) is 5.10 Å². The molecule has 7 nitrogen and oxygen atoms in total. The van der Waals surface area contributed by atoms with Crippen LogP contribution in [0, 0.1) is 5.92 Å². The molecule has 0 aliphatic carbocycles. The van der Waals surface area contributed by atoms with Gasteiger partial charge in [-0.1, -0.05) is 38.1 Å². The molecule has 8 heteroatoms. The second-order valence-corrected chi connectivity index (χ2v) is 8.37. The van der Waals surface area contributed by atoms with Crippen LogP contribution in [0.3, 0.4) is 0 Å². The smallest absolute Gasteiger partial charge is 0.239 e. The summed E-state index contributed by atoms with van der Waals surface area (Å²) in [6.45, 7) is 4.56. The van der Waals surface area contributed by atoms with Crippen molar-refractivity contribution in [1.82, 2.24) is 15.2 Å². The fourth-order valence-electron chi connectivity index (χ4n) is 3.49. The van der Waals surface area contributed by atoms with Crippen molar-refractivity contribution in [2.24, 2.45) is 5.92 Å². The molecular weight excluding hydrogens is 446 g/mol. The molecule has 2 N–H and O–H groups in total. The zero-order valence-corrected chi connectivity index (χ0v) is 18.3. The maximum absolute atomic E-state index is 13.0. The van der Waals surface area contributed by atoms with E-state index >= 15 is 0 Å². The standard InChI is InChI=1S/C22H22BrN5O2/c1-13(2)19-25-20(27-26-19)14-7-3-5-9-17(14)24-21(29)15-11-12-28(22(15)30)18-10-6-4-8-16(18)23/h3-10,13,15H,11-12H2,1-2H3,(H,24,29)(H,25,26,27). The van der Waals surface area contributed by atoms with Gasteiger partial charge >= 0.3 is 0 Å². The van der Waals surface area contributed by atoms with Crippen LogP contribution in [-0.4, -0.2) is 33.5 Å². The molecule has 3 aromatic rings. The number of aromatic nitrogens is 3. The summed E-state index contributed by atoms with van der Waals surface area (Å²) >= 11 is 3.48. The number of aromatic amines is 1. The highest BCUT2D eigenvalue weighted by molar-refractivity contribution is 9.10. The van der Waals surface area contributed by atoms with Crippen LogP contribution in [0.2, 0.25) is 0 Å². The zero-order chi connectivity index (χ0) is 21.3. The van der Waals surface area contributed by atoms with Crippen molar-refractivity contribution in [3.8, 4) is 11.4 Å². The van der Waals surface area contributed by atoms with E-state index in [4.69, 9.17) is 0 Å². The Kier molecular flexibility index (Phi) is 5.67. The molecule has 30 heavy (non-hydrogen) atoms. The van der Waals surface area contributed by atoms with Gasteiger partial charge in [0.15, 0.2) is 5.82 Å². The number of nitrogens with one attached hydrogen (secondary N) is 2. The maximum Gasteiger partial charge on any atom is 0.239 e. The normalized spacial score (nSPS) is 16.3. The molecular formula is C22H22BrN5O2. The number of hydrogen-bond acceptors (Lipinski definition) is 4. The van der Waals surface area contributed by atoms with Gasteiger partial charge in [-0.3, -0.25) is 14.7 Å². The Bertz CT molecular complexity index is 1090. The van der Waals surface area contributed by atoms with E-state index in [1.165, 1.54) is 0 Å². The number of nitrogens with zero attached hydrogens (tertiary/aromatic N) is 3. The van der Waals surface area contributed by atoms with Gasteiger partial charge in [0.25, 0.3) is 0 Å². The Morgan fingerprint density at radius 1 is 1.20 bits per heavy atom. The second-order valence-electron chi connectivity index (χ2n) is 7.52. The third-order valence-corrected chi connectivity index (χ3v) is 5.81. The third-order valence-electron chi connectivity index (χ3n) is 5.14. The van der Waals surface area contributed by atoms with Crippen LogP contribution in [0.4, 0.5) is 11.4 Å². The van der Waals surface area contributed by atoms with Crippen LogP contribution in [-0.2, 0) is 9.59 Å². The first-order valence-electron chi connectivity index (χ1n) is 9.84. The summed E-state index contributed by atoms with van der Waals surface area (Å²) in [7, 11) is 0. The number of halogens is 1. The van der Waals surface area contributed by atoms with E-state index in [1.54, 1.807) is 11.0 Å². The predicted molar refractivity (Wildman–Crippen MR) is 119 cm³/mol. The van der Waals surface area contributed by atoms with Crippen molar-refractivity contribution in [3.05, 3.63) is 58.8 Å². The SMILES string of the molecule is CC(C)c1nc(-c2ccccc2NC(=O)C2CCN(c3ccccc3Br)C2=O)n[nH]1. The molecule has 2 heterocycles. The first kappa shape index (κ1) is 20.3. The van der Waals surface area contributed by atoms with Gasteiger partial charge in [0.1, 0.15) is 11.7 Å². The Morgan fingerprint density at radius 2 is 1.93 bits per heavy atom. The van der Waals surface area contributed by atoms with Crippen LogP contribution in [0.5, 0.6) is 0 Å². The number of anilines is 2. The quantitative estimate of drug-likeness (QED) is 0.545. The highest BCUT2D eigenvalue weighted by atomic mass is 79.9. The molecule has 4 rings (SSSR count). The van der Waals surface area contributed by atoms with Crippen LogP contribution in [0.25, 0.3) is 11.4 Å². The minimum Gasteiger partial charge on any atom is -0.325 e. The average molecular weight is 468 g/mol. The van der Waals surface area contributed by atoms with E-state index in [2.05, 4.69) is 36.4 Å². The first-order chi connectivity index (χ1) is 14.5. The van der Waals surface area contributed by atoms with E-state index < -0.39 is 5.92 Å². The minimum atomic E-state index is -0.733. The van der Waals surface area contributed by atoms with Crippen molar-refractivity contribution in [3.63, 3.8) is 0 Å². The Labute approximate surface area is 183 Å². The summed E-state index contributed by atoms with van der Waals surface area (Å²) in [6, 6.07) is 14.9. The monoisotopic (exact) mass is 467 g/mol. The fourth-order valence-corrected chi connectivity index (χ4v) is 3.99. The summed E-state index contributed by atoms with van der Waals surface area (Å²) < 4.78 is 0.829. The summed E-state index contributed by atoms with van der Waals surface area (Å²) in [5.74, 6) is 0.262. The molecule has 0 radical (unpaired) electrons. The van der Waals surface area contributed by atoms with Crippen LogP contribution in [0.15, 0.2) is 53.0 Å². The number of carbonyl (C=O) groups is 2. The Hall–Kier alpha value is -3.00. The Morgan fingerprint density at radius 3 is 2.67 bits per heavy atom. The lowest BCUT2D eigenvalue weighted by atomic mass is 10.1.